The maximum Gasteiger partial charge on any atom is 0.205 e. The van der Waals surface area contributed by atoms with E-state index in [2.05, 4.69) is 201 Å². The van der Waals surface area contributed by atoms with Crippen LogP contribution < -0.4 is 18.9 Å². The van der Waals surface area contributed by atoms with Crippen LogP contribution in [0.3, 0.4) is 0 Å². The van der Waals surface area contributed by atoms with Crippen LogP contribution in [0.2, 0.25) is 0 Å². The summed E-state index contributed by atoms with van der Waals surface area (Å²) < 4.78 is 49.5. The molecule has 15 atom stereocenters. The van der Waals surface area contributed by atoms with Gasteiger partial charge in [-0.1, -0.05) is 195 Å². The Morgan fingerprint density at radius 3 is 1.04 bits per heavy atom. The van der Waals surface area contributed by atoms with Gasteiger partial charge in [0, 0.05) is 18.4 Å². The Labute approximate surface area is 704 Å². The van der Waals surface area contributed by atoms with E-state index in [4.69, 9.17) is 48.1 Å². The van der Waals surface area contributed by atoms with Crippen LogP contribution in [-0.2, 0) is 18.9 Å². The number of phenols is 2. The quantitative estimate of drug-likeness (QED) is 0.0440. The molecule has 6 aromatic rings. The topological polar surface area (TPSA) is 114 Å². The molecule has 12 aliphatic rings. The third-order valence-electron chi connectivity index (χ3n) is 29.9. The second-order valence-corrected chi connectivity index (χ2v) is 38.6. The summed E-state index contributed by atoms with van der Waals surface area (Å²) in [5, 5.41) is 18.0. The summed E-state index contributed by atoms with van der Waals surface area (Å²) in [6, 6.07) is 49.2. The van der Waals surface area contributed by atoms with Crippen LogP contribution in [0, 0.1) is 76.4 Å². The highest BCUT2D eigenvalue weighted by molar-refractivity contribution is 5.34. The molecule has 640 valence electrons. The summed E-state index contributed by atoms with van der Waals surface area (Å²) in [5.74, 6) is 18.5. The van der Waals surface area contributed by atoms with Crippen molar-refractivity contribution in [2.24, 2.45) is 76.4 Å². The van der Waals surface area contributed by atoms with Gasteiger partial charge in [0.25, 0.3) is 0 Å². The average molecular weight is 1590 g/mol. The predicted octanol–water partition coefficient (Wildman–Crippen LogP) is 29.0. The third kappa shape index (κ3) is 24.8. The van der Waals surface area contributed by atoms with Gasteiger partial charge in [-0.15, -0.1) is 0 Å². The second kappa shape index (κ2) is 44.0. The van der Waals surface area contributed by atoms with Gasteiger partial charge in [0.2, 0.25) is 12.6 Å². The molecule has 10 nitrogen and oxygen atoms in total. The lowest BCUT2D eigenvalue weighted by Gasteiger charge is -2.58. The Bertz CT molecular complexity index is 3640. The Kier molecular flexibility index (Phi) is 34.4. The van der Waals surface area contributed by atoms with Crippen LogP contribution in [0.4, 0.5) is 0 Å². The van der Waals surface area contributed by atoms with Crippen LogP contribution >= 0.6 is 0 Å². The van der Waals surface area contributed by atoms with E-state index in [-0.39, 0.29) is 30.6 Å². The fourth-order valence-corrected chi connectivity index (χ4v) is 22.6. The van der Waals surface area contributed by atoms with E-state index < -0.39 is 0 Å². The van der Waals surface area contributed by atoms with Crippen molar-refractivity contribution in [1.29, 1.82) is 0 Å². The van der Waals surface area contributed by atoms with E-state index in [9.17, 15) is 0 Å². The second-order valence-electron chi connectivity index (χ2n) is 38.6. The molecule has 10 bridgehead atoms. The normalized spacial score (nSPS) is 28.8. The summed E-state index contributed by atoms with van der Waals surface area (Å²) in [6.45, 7) is 35.2. The van der Waals surface area contributed by atoms with Crippen LogP contribution in [-0.4, -0.2) is 60.8 Å². The van der Waals surface area contributed by atoms with Crippen molar-refractivity contribution in [3.05, 3.63) is 179 Å². The zero-order valence-electron chi connectivity index (χ0n) is 75.0. The lowest BCUT2D eigenvalue weighted by Crippen LogP contribution is -2.53. The Hall–Kier alpha value is -6.04. The number of methoxy groups -OCH3 is 1. The SMILES string of the molecule is CCC(C)c1ccc(O)cc1.CCC(C)c1ccc(O)cc1.CCC(C)c1ccc(OC(C)OC2C3CC4CC(C3)CC2C4)cc1.CCC(C)c1ccc(OC(C)OC2CCCCC2)cc1.CCC(C)c1ccc(OC(OC)C23CC4CC(CC(C4)C2)C3)cc1.CCC(C)c1ccc(OC(OC2CC3CC2C2CCCC32)C(C)C)cc1. The van der Waals surface area contributed by atoms with E-state index in [1.165, 1.54) is 194 Å². The van der Waals surface area contributed by atoms with Crippen LogP contribution in [0.5, 0.6) is 34.5 Å². The lowest BCUT2D eigenvalue weighted by atomic mass is 9.49. The molecule has 0 amide bonds. The lowest BCUT2D eigenvalue weighted by molar-refractivity contribution is -0.204. The molecule has 0 radical (unpaired) electrons. The molecule has 116 heavy (non-hydrogen) atoms. The molecular formula is C106H156O10. The first-order chi connectivity index (χ1) is 56.0. The molecule has 10 heteroatoms. The molecule has 15 unspecified atom stereocenters. The molecule has 0 heterocycles. The largest absolute Gasteiger partial charge is 0.508 e. The number of ether oxygens (including phenoxy) is 8. The van der Waals surface area contributed by atoms with Crippen LogP contribution in [0.25, 0.3) is 0 Å². The van der Waals surface area contributed by atoms with E-state index in [1.54, 1.807) is 24.3 Å². The minimum Gasteiger partial charge on any atom is -0.508 e. The van der Waals surface area contributed by atoms with Crippen molar-refractivity contribution in [1.82, 2.24) is 0 Å². The highest BCUT2D eigenvalue weighted by Crippen LogP contribution is 2.63. The molecule has 0 saturated heterocycles. The highest BCUT2D eigenvalue weighted by atomic mass is 16.7. The minimum atomic E-state index is -0.160. The zero-order chi connectivity index (χ0) is 82.6. The van der Waals surface area contributed by atoms with Crippen molar-refractivity contribution in [3.63, 3.8) is 0 Å². The van der Waals surface area contributed by atoms with Crippen LogP contribution in [0.15, 0.2) is 146 Å². The highest BCUT2D eigenvalue weighted by Gasteiger charge is 2.57. The Morgan fingerprint density at radius 1 is 0.328 bits per heavy atom. The number of benzene rings is 6. The van der Waals surface area contributed by atoms with Gasteiger partial charge in [0.15, 0.2) is 12.6 Å². The van der Waals surface area contributed by atoms with Gasteiger partial charge in [-0.25, -0.2) is 0 Å². The molecule has 12 saturated carbocycles. The first kappa shape index (κ1) is 90.7. The molecule has 12 aliphatic carbocycles. The predicted molar refractivity (Wildman–Crippen MR) is 477 cm³/mol. The number of aromatic hydroxyl groups is 2. The molecule has 2 N–H and O–H groups in total. The van der Waals surface area contributed by atoms with Crippen LogP contribution in [0.1, 0.15) is 353 Å². The minimum absolute atomic E-state index is 0.0830. The first-order valence-corrected chi connectivity index (χ1v) is 47.1. The van der Waals surface area contributed by atoms with E-state index >= 15 is 0 Å². The van der Waals surface area contributed by atoms with Gasteiger partial charge in [-0.2, -0.15) is 0 Å². The summed E-state index contributed by atoms with van der Waals surface area (Å²) >= 11 is 0. The third-order valence-corrected chi connectivity index (χ3v) is 29.9. The van der Waals surface area contributed by atoms with E-state index in [1.807, 2.05) is 38.3 Å². The molecule has 0 aromatic heterocycles. The van der Waals surface area contributed by atoms with E-state index in [0.29, 0.717) is 71.2 Å². The van der Waals surface area contributed by atoms with Crippen molar-refractivity contribution in [2.45, 2.75) is 363 Å². The summed E-state index contributed by atoms with van der Waals surface area (Å²) in [4.78, 5) is 0. The van der Waals surface area contributed by atoms with Gasteiger partial charge >= 0.3 is 0 Å². The first-order valence-electron chi connectivity index (χ1n) is 47.1. The van der Waals surface area contributed by atoms with Gasteiger partial charge in [0.1, 0.15) is 34.5 Å². The van der Waals surface area contributed by atoms with Crippen molar-refractivity contribution in [3.8, 4) is 34.5 Å². The molecular weight excluding hydrogens is 1430 g/mol. The van der Waals surface area contributed by atoms with Crippen molar-refractivity contribution in [2.75, 3.05) is 7.11 Å². The van der Waals surface area contributed by atoms with E-state index in [0.717, 1.165) is 101 Å². The van der Waals surface area contributed by atoms with Gasteiger partial charge in [-0.05, 0) is 368 Å². The Morgan fingerprint density at radius 2 is 0.672 bits per heavy atom. The zero-order valence-corrected chi connectivity index (χ0v) is 75.0. The summed E-state index contributed by atoms with van der Waals surface area (Å²) in [5.41, 5.74) is 8.41. The molecule has 12 fully saturated rings. The summed E-state index contributed by atoms with van der Waals surface area (Å²) in [6.07, 6.45) is 36.4. The smallest absolute Gasteiger partial charge is 0.205 e. The van der Waals surface area contributed by atoms with Gasteiger partial charge in [0.05, 0.1) is 18.3 Å². The maximum atomic E-state index is 9.01. The molecule has 0 spiro atoms. The Balaban J connectivity index is 0.000000140. The number of hydrogen-bond acceptors (Lipinski definition) is 10. The van der Waals surface area contributed by atoms with Crippen molar-refractivity contribution >= 4 is 0 Å². The fraction of sp³-hybridized carbons (Fsp3) is 0.660. The van der Waals surface area contributed by atoms with Gasteiger partial charge < -0.3 is 48.1 Å². The molecule has 6 aromatic carbocycles. The average Bonchev–Trinajstić information content (AvgIpc) is 0.770. The maximum absolute atomic E-state index is 9.01. The molecule has 18 rings (SSSR count). The monoisotopic (exact) mass is 1590 g/mol. The standard InChI is InChI=1S/C24H36O2.2C22H32O2.C18H28O2.2C10H14O/c1-5-16(4)17-9-11-19(12-10-17)25-24(15(2)3)26-23-14-18-13-22(23)21-8-6-7-20(18)21;1-4-15(2)19-5-7-20(8-6-19)24-21(23-3)22-12-16-9-17(13-22)11-18(10-16)14-22;1-4-14(2)18-5-7-21(8-6-18)23-15(3)24-22-19-10-16-9-17(12-19)13-20(22)11-16;1-4-14(2)16-10-12-18(13-11-16)20-15(3)19-17-8-6-5-7-9-17;2*1-3-8(2)9-4-6-10(11)7-5-9/h9-12,15-16,18,20-24H,5-8,13-14H2,1-4H3;5-8,15-18,21H,4,9-14H2,1-3H3;5-8,14-17,19-20,22H,4,9-13H2,1-3H3;10-15,17H,4-9H2,1-3H3;2*4-8,11H,3H2,1-2H3. The number of rotatable bonds is 29. The van der Waals surface area contributed by atoms with Gasteiger partial charge in [-0.3, -0.25) is 0 Å². The number of fused-ring (bicyclic) bond motifs is 5. The fourth-order valence-electron chi connectivity index (χ4n) is 22.6. The number of hydrogen-bond donors (Lipinski definition) is 2. The molecule has 0 aliphatic heterocycles. The number of phenolic OH excluding ortho intramolecular Hbond substituents is 2. The summed E-state index contributed by atoms with van der Waals surface area (Å²) in [7, 11) is 1.83. The van der Waals surface area contributed by atoms with Crippen molar-refractivity contribution < 1.29 is 48.1 Å².